The lowest BCUT2D eigenvalue weighted by molar-refractivity contribution is 0.630. The zero-order valence-electron chi connectivity index (χ0n) is 9.59. The fourth-order valence-corrected chi connectivity index (χ4v) is 1.97. The van der Waals surface area contributed by atoms with Crippen LogP contribution in [-0.2, 0) is 0 Å². The Labute approximate surface area is 108 Å². The molecule has 0 aliphatic heterocycles. The number of aryl methyl sites for hydroxylation is 2. The lowest BCUT2D eigenvalue weighted by Crippen LogP contribution is -1.98. The fraction of sp³-hybridized carbons (Fsp3) is 0.154. The first-order valence-electron chi connectivity index (χ1n) is 5.21. The van der Waals surface area contributed by atoms with E-state index in [4.69, 9.17) is 0 Å². The Morgan fingerprint density at radius 3 is 2.65 bits per heavy atom. The van der Waals surface area contributed by atoms with Gasteiger partial charge in [-0.05, 0) is 59.1 Å². The molecular weight excluding hydrogens is 283 g/mol. The van der Waals surface area contributed by atoms with Crippen molar-refractivity contribution in [3.8, 4) is 0 Å². The van der Waals surface area contributed by atoms with E-state index in [1.165, 1.54) is 6.07 Å². The van der Waals surface area contributed by atoms with E-state index < -0.39 is 0 Å². The van der Waals surface area contributed by atoms with Gasteiger partial charge in [-0.3, -0.25) is 0 Å². The van der Waals surface area contributed by atoms with Gasteiger partial charge < -0.3 is 5.32 Å². The molecule has 4 heteroatoms. The van der Waals surface area contributed by atoms with Gasteiger partial charge in [-0.15, -0.1) is 0 Å². The molecule has 0 saturated heterocycles. The van der Waals surface area contributed by atoms with Crippen LogP contribution in [0.3, 0.4) is 0 Å². The van der Waals surface area contributed by atoms with Crippen molar-refractivity contribution in [2.75, 3.05) is 5.32 Å². The van der Waals surface area contributed by atoms with Gasteiger partial charge in [0.15, 0.2) is 0 Å². The molecule has 17 heavy (non-hydrogen) atoms. The summed E-state index contributed by atoms with van der Waals surface area (Å²) < 4.78 is 14.6. The highest BCUT2D eigenvalue weighted by molar-refractivity contribution is 9.10. The van der Waals surface area contributed by atoms with Gasteiger partial charge in [0, 0.05) is 10.7 Å². The molecule has 0 unspecified atom stereocenters. The number of nitrogens with zero attached hydrogens (tertiary/aromatic N) is 1. The molecule has 0 radical (unpaired) electrons. The predicted octanol–water partition coefficient (Wildman–Crippen LogP) is 4.34. The number of halogens is 2. The molecule has 0 amide bonds. The van der Waals surface area contributed by atoms with Crippen LogP contribution in [0.2, 0.25) is 0 Å². The van der Waals surface area contributed by atoms with Crippen LogP contribution in [0.25, 0.3) is 0 Å². The number of rotatable bonds is 2. The molecule has 1 aromatic heterocycles. The molecule has 2 rings (SSSR count). The molecule has 0 atom stereocenters. The summed E-state index contributed by atoms with van der Waals surface area (Å²) >= 11 is 3.34. The smallest absolute Gasteiger partial charge is 0.146 e. The highest BCUT2D eigenvalue weighted by Crippen LogP contribution is 2.23. The van der Waals surface area contributed by atoms with Crippen molar-refractivity contribution in [2.45, 2.75) is 13.8 Å². The lowest BCUT2D eigenvalue weighted by atomic mass is 10.2. The van der Waals surface area contributed by atoms with Crippen LogP contribution < -0.4 is 5.32 Å². The summed E-state index contributed by atoms with van der Waals surface area (Å²) in [5.74, 6) is 0.394. The maximum absolute atomic E-state index is 13.6. The molecule has 0 bridgehead atoms. The van der Waals surface area contributed by atoms with E-state index in [-0.39, 0.29) is 5.82 Å². The number of nitrogens with one attached hydrogen (secondary N) is 1. The van der Waals surface area contributed by atoms with E-state index in [1.54, 1.807) is 12.3 Å². The van der Waals surface area contributed by atoms with Crippen LogP contribution in [-0.4, -0.2) is 4.98 Å². The third kappa shape index (κ3) is 2.82. The van der Waals surface area contributed by atoms with Crippen LogP contribution in [0.4, 0.5) is 15.9 Å². The highest BCUT2D eigenvalue weighted by atomic mass is 79.9. The third-order valence-electron chi connectivity index (χ3n) is 2.42. The average Bonchev–Trinajstić information content (AvgIpc) is 2.25. The zero-order chi connectivity index (χ0) is 12.4. The summed E-state index contributed by atoms with van der Waals surface area (Å²) in [5.41, 5.74) is 2.29. The SMILES string of the molecule is Cc1ccc(Nc2ncc(Br)cc2C)c(F)c1. The van der Waals surface area contributed by atoms with E-state index in [0.717, 1.165) is 15.6 Å². The zero-order valence-corrected chi connectivity index (χ0v) is 11.2. The Balaban J connectivity index is 2.31. The molecule has 1 N–H and O–H groups in total. The van der Waals surface area contributed by atoms with Crippen LogP contribution in [0.15, 0.2) is 34.9 Å². The number of pyridine rings is 1. The largest absolute Gasteiger partial charge is 0.338 e. The van der Waals surface area contributed by atoms with Crippen molar-refractivity contribution in [3.63, 3.8) is 0 Å². The first kappa shape index (κ1) is 12.0. The van der Waals surface area contributed by atoms with Gasteiger partial charge >= 0.3 is 0 Å². The van der Waals surface area contributed by atoms with Crippen LogP contribution in [0, 0.1) is 19.7 Å². The van der Waals surface area contributed by atoms with Crippen molar-refractivity contribution < 1.29 is 4.39 Å². The Kier molecular flexibility index (Phi) is 3.43. The molecule has 0 aliphatic rings. The lowest BCUT2D eigenvalue weighted by Gasteiger charge is -2.09. The van der Waals surface area contributed by atoms with E-state index >= 15 is 0 Å². The Bertz CT molecular complexity index is 506. The minimum Gasteiger partial charge on any atom is -0.338 e. The minimum atomic E-state index is -0.269. The number of benzene rings is 1. The standard InChI is InChI=1S/C13H12BrFN2/c1-8-3-4-12(11(15)5-8)17-13-9(2)6-10(14)7-16-13/h3-7H,1-2H3,(H,16,17). The maximum atomic E-state index is 13.6. The highest BCUT2D eigenvalue weighted by Gasteiger charge is 2.05. The average molecular weight is 295 g/mol. The molecule has 1 aromatic carbocycles. The van der Waals surface area contributed by atoms with Crippen LogP contribution >= 0.6 is 15.9 Å². The first-order chi connectivity index (χ1) is 8.06. The summed E-state index contributed by atoms with van der Waals surface area (Å²) in [6.45, 7) is 3.78. The Morgan fingerprint density at radius 1 is 1.24 bits per heavy atom. The quantitative estimate of drug-likeness (QED) is 0.891. The van der Waals surface area contributed by atoms with Crippen molar-refractivity contribution in [3.05, 3.63) is 51.9 Å². The van der Waals surface area contributed by atoms with Gasteiger partial charge in [-0.25, -0.2) is 9.37 Å². The van der Waals surface area contributed by atoms with Gasteiger partial charge in [0.2, 0.25) is 0 Å². The van der Waals surface area contributed by atoms with Gasteiger partial charge in [0.05, 0.1) is 5.69 Å². The summed E-state index contributed by atoms with van der Waals surface area (Å²) in [4.78, 5) is 4.21. The maximum Gasteiger partial charge on any atom is 0.146 e. The van der Waals surface area contributed by atoms with Crippen molar-refractivity contribution in [1.29, 1.82) is 0 Å². The first-order valence-corrected chi connectivity index (χ1v) is 6.01. The molecule has 88 valence electrons. The number of hydrogen-bond acceptors (Lipinski definition) is 2. The van der Waals surface area contributed by atoms with Crippen molar-refractivity contribution in [2.24, 2.45) is 0 Å². The van der Waals surface area contributed by atoms with Gasteiger partial charge in [-0.1, -0.05) is 6.07 Å². The molecule has 1 heterocycles. The van der Waals surface area contributed by atoms with Gasteiger partial charge in [0.25, 0.3) is 0 Å². The summed E-state index contributed by atoms with van der Waals surface area (Å²) in [6.07, 6.45) is 1.68. The van der Waals surface area contributed by atoms with E-state index in [0.29, 0.717) is 11.5 Å². The monoisotopic (exact) mass is 294 g/mol. The minimum absolute atomic E-state index is 0.269. The number of anilines is 2. The fourth-order valence-electron chi connectivity index (χ4n) is 1.52. The predicted molar refractivity (Wildman–Crippen MR) is 71.1 cm³/mol. The topological polar surface area (TPSA) is 24.9 Å². The van der Waals surface area contributed by atoms with Crippen LogP contribution in [0.5, 0.6) is 0 Å². The normalized spacial score (nSPS) is 10.4. The molecule has 2 aromatic rings. The molecule has 0 saturated carbocycles. The Hall–Kier alpha value is -1.42. The summed E-state index contributed by atoms with van der Waals surface area (Å²) in [7, 11) is 0. The van der Waals surface area contributed by atoms with Crippen LogP contribution in [0.1, 0.15) is 11.1 Å². The van der Waals surface area contributed by atoms with Crippen molar-refractivity contribution in [1.82, 2.24) is 4.98 Å². The number of aromatic nitrogens is 1. The molecule has 0 aliphatic carbocycles. The third-order valence-corrected chi connectivity index (χ3v) is 2.86. The molecular formula is C13H12BrFN2. The Morgan fingerprint density at radius 2 is 2.00 bits per heavy atom. The van der Waals surface area contributed by atoms with E-state index in [1.807, 2.05) is 26.0 Å². The second-order valence-corrected chi connectivity index (χ2v) is 4.84. The van der Waals surface area contributed by atoms with Gasteiger partial charge in [0.1, 0.15) is 11.6 Å². The number of hydrogen-bond donors (Lipinski definition) is 1. The van der Waals surface area contributed by atoms with Crippen molar-refractivity contribution >= 4 is 27.4 Å². The summed E-state index contributed by atoms with van der Waals surface area (Å²) in [5, 5.41) is 2.99. The molecule has 0 fully saturated rings. The molecule has 2 nitrogen and oxygen atoms in total. The molecule has 0 spiro atoms. The second-order valence-electron chi connectivity index (χ2n) is 3.93. The second kappa shape index (κ2) is 4.84. The van der Waals surface area contributed by atoms with E-state index in [9.17, 15) is 4.39 Å². The summed E-state index contributed by atoms with van der Waals surface area (Å²) in [6, 6.07) is 7.01. The van der Waals surface area contributed by atoms with E-state index in [2.05, 4.69) is 26.2 Å². The van der Waals surface area contributed by atoms with Gasteiger partial charge in [-0.2, -0.15) is 0 Å².